The topological polar surface area (TPSA) is 66.1 Å². The van der Waals surface area contributed by atoms with Crippen molar-refractivity contribution in [2.75, 3.05) is 13.3 Å². The zero-order valence-corrected chi connectivity index (χ0v) is 15.3. The van der Waals surface area contributed by atoms with Gasteiger partial charge in [-0.1, -0.05) is 42.1 Å². The molecule has 2 aromatic rings. The van der Waals surface area contributed by atoms with Crippen molar-refractivity contribution in [3.8, 4) is 0 Å². The predicted molar refractivity (Wildman–Crippen MR) is 97.3 cm³/mol. The Balaban J connectivity index is 2.04. The molecule has 0 aliphatic carbocycles. The number of nitrogens with zero attached hydrogens (tertiary/aromatic N) is 2. The highest BCUT2D eigenvalue weighted by Crippen LogP contribution is 2.19. The van der Waals surface area contributed by atoms with Crippen LogP contribution in [-0.2, 0) is 11.2 Å². The van der Waals surface area contributed by atoms with Gasteiger partial charge in [-0.25, -0.2) is 4.98 Å². The van der Waals surface area contributed by atoms with Crippen molar-refractivity contribution in [1.82, 2.24) is 14.9 Å². The number of hydrogen-bond donors (Lipinski definition) is 1. The van der Waals surface area contributed by atoms with Crippen LogP contribution in [0.4, 0.5) is 0 Å². The van der Waals surface area contributed by atoms with E-state index < -0.39 is 0 Å². The predicted octanol–water partition coefficient (Wildman–Crippen LogP) is 2.95. The molecule has 24 heavy (non-hydrogen) atoms. The van der Waals surface area contributed by atoms with Gasteiger partial charge in [0, 0.05) is 24.7 Å². The van der Waals surface area contributed by atoms with Gasteiger partial charge in [-0.2, -0.15) is 0 Å². The summed E-state index contributed by atoms with van der Waals surface area (Å²) >= 11 is 1.39. The van der Waals surface area contributed by atoms with Crippen molar-refractivity contribution in [1.29, 1.82) is 0 Å². The number of hydrogen-bond acceptors (Lipinski definition) is 4. The maximum atomic E-state index is 12.5. The normalized spacial score (nSPS) is 12.0. The molecular weight excluding hydrogens is 322 g/mol. The fraction of sp³-hybridized carbons (Fsp3) is 0.389. The molecule has 1 heterocycles. The summed E-state index contributed by atoms with van der Waals surface area (Å²) in [6.45, 7) is 3.81. The van der Waals surface area contributed by atoms with Crippen molar-refractivity contribution >= 4 is 17.7 Å². The van der Waals surface area contributed by atoms with Crippen LogP contribution in [0.5, 0.6) is 0 Å². The molecule has 0 bridgehead atoms. The van der Waals surface area contributed by atoms with E-state index in [-0.39, 0.29) is 23.9 Å². The molecule has 0 spiro atoms. The second-order valence-electron chi connectivity index (χ2n) is 5.73. The van der Waals surface area contributed by atoms with E-state index in [0.717, 1.165) is 5.56 Å². The van der Waals surface area contributed by atoms with Crippen LogP contribution in [-0.4, -0.2) is 34.1 Å². The number of rotatable bonds is 6. The van der Waals surface area contributed by atoms with E-state index in [2.05, 4.69) is 9.97 Å². The molecule has 5 nitrogen and oxygen atoms in total. The summed E-state index contributed by atoms with van der Waals surface area (Å²) < 4.78 is 0. The molecule has 1 N–H and O–H groups in total. The zero-order valence-electron chi connectivity index (χ0n) is 14.5. The molecule has 0 radical (unpaired) electrons. The SMILES string of the molecule is CSc1nc(C)c(CCC(=O)N(C)[C@@H](C)c2ccccc2)c(=O)[nH]1. The van der Waals surface area contributed by atoms with Crippen molar-refractivity contribution < 1.29 is 4.79 Å². The van der Waals surface area contributed by atoms with Gasteiger partial charge >= 0.3 is 0 Å². The van der Waals surface area contributed by atoms with Gasteiger partial charge in [0.2, 0.25) is 5.91 Å². The lowest BCUT2D eigenvalue weighted by Crippen LogP contribution is -2.30. The van der Waals surface area contributed by atoms with Crippen LogP contribution >= 0.6 is 11.8 Å². The molecule has 128 valence electrons. The molecule has 1 amide bonds. The van der Waals surface area contributed by atoms with E-state index in [4.69, 9.17) is 0 Å². The standard InChI is InChI=1S/C18H23N3O2S/c1-12-15(17(23)20-18(19-12)24-4)10-11-16(22)21(3)13(2)14-8-6-5-7-9-14/h5-9,13H,10-11H2,1-4H3,(H,19,20,23)/t13-/m0/s1. The van der Waals surface area contributed by atoms with E-state index in [1.165, 1.54) is 11.8 Å². The van der Waals surface area contributed by atoms with Crippen LogP contribution in [0, 0.1) is 6.92 Å². The van der Waals surface area contributed by atoms with Gasteiger partial charge in [0.1, 0.15) is 0 Å². The van der Waals surface area contributed by atoms with Gasteiger partial charge in [0.25, 0.3) is 5.56 Å². The number of amides is 1. The Morgan fingerprint density at radius 1 is 1.33 bits per heavy atom. The zero-order chi connectivity index (χ0) is 17.7. The number of nitrogens with one attached hydrogen (secondary N) is 1. The smallest absolute Gasteiger partial charge is 0.254 e. The molecule has 0 aliphatic heterocycles. The minimum atomic E-state index is -0.154. The van der Waals surface area contributed by atoms with Crippen molar-refractivity contribution in [3.63, 3.8) is 0 Å². The first-order valence-electron chi connectivity index (χ1n) is 7.88. The molecule has 1 atom stereocenters. The fourth-order valence-electron chi connectivity index (χ4n) is 2.56. The van der Waals surface area contributed by atoms with Crippen molar-refractivity contribution in [2.24, 2.45) is 0 Å². The highest BCUT2D eigenvalue weighted by atomic mass is 32.2. The number of aromatic nitrogens is 2. The Labute approximate surface area is 146 Å². The summed E-state index contributed by atoms with van der Waals surface area (Å²) in [6.07, 6.45) is 2.55. The van der Waals surface area contributed by atoms with Gasteiger partial charge in [0.15, 0.2) is 5.16 Å². The number of H-pyrrole nitrogens is 1. The summed E-state index contributed by atoms with van der Waals surface area (Å²) in [5, 5.41) is 0.599. The maximum absolute atomic E-state index is 12.5. The highest BCUT2D eigenvalue weighted by Gasteiger charge is 2.18. The largest absolute Gasteiger partial charge is 0.339 e. The molecule has 2 rings (SSSR count). The van der Waals surface area contributed by atoms with E-state index >= 15 is 0 Å². The van der Waals surface area contributed by atoms with Crippen molar-refractivity contribution in [3.05, 3.63) is 57.5 Å². The van der Waals surface area contributed by atoms with Crippen LogP contribution < -0.4 is 5.56 Å². The van der Waals surface area contributed by atoms with Gasteiger partial charge in [-0.05, 0) is 32.1 Å². The average Bonchev–Trinajstić information content (AvgIpc) is 2.60. The average molecular weight is 345 g/mol. The van der Waals surface area contributed by atoms with E-state index in [1.54, 1.807) is 11.9 Å². The van der Waals surface area contributed by atoms with Crippen LogP contribution in [0.25, 0.3) is 0 Å². The number of benzene rings is 1. The first-order chi connectivity index (χ1) is 11.4. The van der Waals surface area contributed by atoms with Gasteiger partial charge in [-0.15, -0.1) is 0 Å². The van der Waals surface area contributed by atoms with E-state index in [9.17, 15) is 9.59 Å². The van der Waals surface area contributed by atoms with Crippen LogP contribution in [0.2, 0.25) is 0 Å². The Kier molecular flexibility index (Phi) is 6.20. The maximum Gasteiger partial charge on any atom is 0.254 e. The van der Waals surface area contributed by atoms with Gasteiger partial charge in [0.05, 0.1) is 6.04 Å². The fourth-order valence-corrected chi connectivity index (χ4v) is 2.98. The lowest BCUT2D eigenvalue weighted by Gasteiger charge is -2.25. The molecule has 0 fully saturated rings. The molecule has 6 heteroatoms. The van der Waals surface area contributed by atoms with Crippen LogP contribution in [0.1, 0.15) is 36.2 Å². The minimum absolute atomic E-state index is 0.00456. The highest BCUT2D eigenvalue weighted by molar-refractivity contribution is 7.98. The van der Waals surface area contributed by atoms with Gasteiger partial charge in [-0.3, -0.25) is 9.59 Å². The number of carbonyl (C=O) groups is 1. The Hall–Kier alpha value is -2.08. The molecule has 0 unspecified atom stereocenters. The molecular formula is C18H23N3O2S. The summed E-state index contributed by atoms with van der Waals surface area (Å²) in [5.41, 5.74) is 2.21. The third-order valence-corrected chi connectivity index (χ3v) is 4.82. The molecule has 1 aromatic heterocycles. The second kappa shape index (κ2) is 8.15. The first-order valence-corrected chi connectivity index (χ1v) is 9.11. The summed E-state index contributed by atoms with van der Waals surface area (Å²) in [6, 6.07) is 9.90. The van der Waals surface area contributed by atoms with E-state index in [1.807, 2.05) is 50.4 Å². The number of aromatic amines is 1. The Morgan fingerprint density at radius 2 is 2.00 bits per heavy atom. The molecule has 1 aromatic carbocycles. The lowest BCUT2D eigenvalue weighted by atomic mass is 10.1. The lowest BCUT2D eigenvalue weighted by molar-refractivity contribution is -0.131. The number of carbonyl (C=O) groups excluding carboxylic acids is 1. The monoisotopic (exact) mass is 345 g/mol. The summed E-state index contributed by atoms with van der Waals surface area (Å²) in [4.78, 5) is 33.4. The van der Waals surface area contributed by atoms with E-state index in [0.29, 0.717) is 22.8 Å². The van der Waals surface area contributed by atoms with Gasteiger partial charge < -0.3 is 9.88 Å². The van der Waals surface area contributed by atoms with Crippen LogP contribution in [0.3, 0.4) is 0 Å². The molecule has 0 aliphatic rings. The number of aryl methyl sites for hydroxylation is 1. The second-order valence-corrected chi connectivity index (χ2v) is 6.53. The number of thioether (sulfide) groups is 1. The van der Waals surface area contributed by atoms with Crippen LogP contribution in [0.15, 0.2) is 40.3 Å². The van der Waals surface area contributed by atoms with Crippen molar-refractivity contribution in [2.45, 2.75) is 37.9 Å². The molecule has 0 saturated heterocycles. The third kappa shape index (κ3) is 4.26. The summed E-state index contributed by atoms with van der Waals surface area (Å²) in [7, 11) is 1.80. The molecule has 0 saturated carbocycles. The quantitative estimate of drug-likeness (QED) is 0.646. The first kappa shape index (κ1) is 18.3. The Morgan fingerprint density at radius 3 is 2.58 bits per heavy atom. The third-order valence-electron chi connectivity index (χ3n) is 4.24. The summed E-state index contributed by atoms with van der Waals surface area (Å²) in [5.74, 6) is 0.0131. The minimum Gasteiger partial charge on any atom is -0.339 e. The Bertz CT molecular complexity index is 759.